The molecule has 0 unspecified atom stereocenters. The molecule has 1 aromatic heterocycles. The Hall–Kier alpha value is -2.95. The van der Waals surface area contributed by atoms with Gasteiger partial charge >= 0.3 is 11.5 Å². The summed E-state index contributed by atoms with van der Waals surface area (Å²) in [6.45, 7) is 1.69. The molecule has 0 bridgehead atoms. The van der Waals surface area contributed by atoms with Gasteiger partial charge in [-0.1, -0.05) is 6.07 Å². The van der Waals surface area contributed by atoms with Gasteiger partial charge in [0.1, 0.15) is 6.54 Å². The van der Waals surface area contributed by atoms with Gasteiger partial charge in [-0.05, 0) is 42.8 Å². The number of benzene rings is 1. The first-order valence-electron chi connectivity index (χ1n) is 7.96. The number of imide groups is 1. The third kappa shape index (κ3) is 3.44. The quantitative estimate of drug-likeness (QED) is 0.720. The van der Waals surface area contributed by atoms with Gasteiger partial charge in [-0.2, -0.15) is 13.2 Å². The summed E-state index contributed by atoms with van der Waals surface area (Å²) in [4.78, 5) is 30.1. The Balaban J connectivity index is 1.83. The van der Waals surface area contributed by atoms with E-state index in [9.17, 15) is 31.2 Å². The average molecular weight is 413 g/mol. The van der Waals surface area contributed by atoms with Crippen molar-refractivity contribution in [3.63, 3.8) is 0 Å². The third-order valence-corrected chi connectivity index (χ3v) is 5.73. The maximum atomic E-state index is 12.6. The van der Waals surface area contributed by atoms with Crippen molar-refractivity contribution in [1.82, 2.24) is 9.88 Å². The number of halogens is 3. The Morgan fingerprint density at radius 1 is 1.11 bits per heavy atom. The summed E-state index contributed by atoms with van der Waals surface area (Å²) in [6, 6.07) is 6.22. The van der Waals surface area contributed by atoms with E-state index in [-0.39, 0.29) is 18.8 Å². The first kappa shape index (κ1) is 19.8. The largest absolute Gasteiger partial charge is 0.501 e. The standard InChI is InChI=1S/C17H14F3N3O4S/c1-11-12(3-2-8-21-11)9-22-10-15(24)23(16(22)25)13-4-6-14(7-5-13)28(26,27)17(18,19)20/h2-8H,9-10H2,1H3. The van der Waals surface area contributed by atoms with E-state index < -0.39 is 32.2 Å². The van der Waals surface area contributed by atoms with E-state index in [0.717, 1.165) is 22.6 Å². The van der Waals surface area contributed by atoms with Crippen molar-refractivity contribution in [3.8, 4) is 0 Å². The first-order chi connectivity index (χ1) is 13.0. The zero-order chi connectivity index (χ0) is 20.7. The minimum absolute atomic E-state index is 0.0125. The first-order valence-corrected chi connectivity index (χ1v) is 9.44. The molecule has 0 atom stereocenters. The Bertz CT molecular complexity index is 1040. The lowest BCUT2D eigenvalue weighted by Gasteiger charge is -2.18. The van der Waals surface area contributed by atoms with Gasteiger partial charge in [-0.15, -0.1) is 0 Å². The van der Waals surface area contributed by atoms with E-state index in [0.29, 0.717) is 17.8 Å². The molecular weight excluding hydrogens is 399 g/mol. The molecule has 3 rings (SSSR count). The minimum atomic E-state index is -5.51. The molecule has 7 nitrogen and oxygen atoms in total. The van der Waals surface area contributed by atoms with E-state index in [1.807, 2.05) is 0 Å². The maximum Gasteiger partial charge on any atom is 0.501 e. The smallest absolute Gasteiger partial charge is 0.310 e. The topological polar surface area (TPSA) is 87.7 Å². The second-order valence-electron chi connectivity index (χ2n) is 6.06. The number of hydrogen-bond acceptors (Lipinski definition) is 5. The summed E-state index contributed by atoms with van der Waals surface area (Å²) in [6.07, 6.45) is 1.60. The number of carbonyl (C=O) groups is 2. The fourth-order valence-electron chi connectivity index (χ4n) is 2.73. The number of aromatic nitrogens is 1. The van der Waals surface area contributed by atoms with E-state index >= 15 is 0 Å². The predicted octanol–water partition coefficient (Wildman–Crippen LogP) is 2.65. The molecule has 28 heavy (non-hydrogen) atoms. The number of anilines is 1. The van der Waals surface area contributed by atoms with Crippen LogP contribution in [0, 0.1) is 6.92 Å². The van der Waals surface area contributed by atoms with Gasteiger partial charge in [0, 0.05) is 18.4 Å². The minimum Gasteiger partial charge on any atom is -0.310 e. The van der Waals surface area contributed by atoms with Gasteiger partial charge in [-0.25, -0.2) is 18.1 Å². The molecule has 1 aliphatic rings. The van der Waals surface area contributed by atoms with Gasteiger partial charge in [0.05, 0.1) is 10.6 Å². The lowest BCUT2D eigenvalue weighted by Crippen LogP contribution is -2.33. The number of amides is 3. The number of aryl methyl sites for hydroxylation is 1. The van der Waals surface area contributed by atoms with Crippen molar-refractivity contribution in [2.75, 3.05) is 11.4 Å². The zero-order valence-corrected chi connectivity index (χ0v) is 15.3. The molecule has 148 valence electrons. The second kappa shape index (κ2) is 6.89. The number of carbonyl (C=O) groups excluding carboxylic acids is 2. The molecule has 11 heteroatoms. The van der Waals surface area contributed by atoms with Gasteiger partial charge in [-0.3, -0.25) is 9.78 Å². The monoisotopic (exact) mass is 413 g/mol. The summed E-state index contributed by atoms with van der Waals surface area (Å²) < 4.78 is 60.7. The molecule has 2 heterocycles. The molecule has 0 aliphatic carbocycles. The fourth-order valence-corrected chi connectivity index (χ4v) is 3.49. The van der Waals surface area contributed by atoms with Crippen LogP contribution in [0.5, 0.6) is 0 Å². The van der Waals surface area contributed by atoms with Crippen LogP contribution in [0.2, 0.25) is 0 Å². The Morgan fingerprint density at radius 2 is 1.75 bits per heavy atom. The van der Waals surface area contributed by atoms with Crippen LogP contribution in [0.1, 0.15) is 11.3 Å². The lowest BCUT2D eigenvalue weighted by molar-refractivity contribution is -0.116. The Kier molecular flexibility index (Phi) is 4.88. The number of hydrogen-bond donors (Lipinski definition) is 0. The molecule has 0 N–H and O–H groups in total. The normalized spacial score (nSPS) is 15.4. The van der Waals surface area contributed by atoms with Gasteiger partial charge in [0.15, 0.2) is 0 Å². The summed E-state index contributed by atoms with van der Waals surface area (Å²) in [5.74, 6) is -0.571. The summed E-state index contributed by atoms with van der Waals surface area (Å²) >= 11 is 0. The number of alkyl halides is 3. The molecule has 3 amide bonds. The van der Waals surface area contributed by atoms with Crippen LogP contribution >= 0.6 is 0 Å². The number of pyridine rings is 1. The molecule has 2 aromatic rings. The van der Waals surface area contributed by atoms with Crippen molar-refractivity contribution in [2.45, 2.75) is 23.9 Å². The number of rotatable bonds is 4. The number of urea groups is 1. The third-order valence-electron chi connectivity index (χ3n) is 4.22. The van der Waals surface area contributed by atoms with Gasteiger partial charge < -0.3 is 4.90 Å². The fraction of sp³-hybridized carbons (Fsp3) is 0.235. The SMILES string of the molecule is Cc1ncccc1CN1CC(=O)N(c2ccc(S(=O)(=O)C(F)(F)F)cc2)C1=O. The molecule has 0 spiro atoms. The summed E-state index contributed by atoms with van der Waals surface area (Å²) in [5, 5.41) is 0. The molecule has 0 radical (unpaired) electrons. The Morgan fingerprint density at radius 3 is 2.32 bits per heavy atom. The zero-order valence-electron chi connectivity index (χ0n) is 14.5. The van der Waals surface area contributed by atoms with Crippen molar-refractivity contribution in [2.24, 2.45) is 0 Å². The van der Waals surface area contributed by atoms with Crippen LogP contribution in [0.25, 0.3) is 0 Å². The van der Waals surface area contributed by atoms with Crippen molar-refractivity contribution in [1.29, 1.82) is 0 Å². The predicted molar refractivity (Wildman–Crippen MR) is 91.9 cm³/mol. The molecule has 1 aromatic carbocycles. The molecular formula is C17H14F3N3O4S. The van der Waals surface area contributed by atoms with Crippen LogP contribution in [0.3, 0.4) is 0 Å². The highest BCUT2D eigenvalue weighted by Gasteiger charge is 2.47. The highest BCUT2D eigenvalue weighted by Crippen LogP contribution is 2.32. The van der Waals surface area contributed by atoms with Gasteiger partial charge in [0.25, 0.3) is 15.7 Å². The van der Waals surface area contributed by atoms with Gasteiger partial charge in [0.2, 0.25) is 0 Å². The van der Waals surface area contributed by atoms with Crippen LogP contribution in [-0.2, 0) is 21.2 Å². The molecule has 1 saturated heterocycles. The van der Waals surface area contributed by atoms with E-state index in [1.165, 1.54) is 4.90 Å². The van der Waals surface area contributed by atoms with E-state index in [4.69, 9.17) is 0 Å². The molecule has 1 aliphatic heterocycles. The summed E-state index contributed by atoms with van der Waals surface area (Å²) in [5.41, 5.74) is -4.01. The lowest BCUT2D eigenvalue weighted by atomic mass is 10.2. The van der Waals surface area contributed by atoms with Crippen molar-refractivity contribution >= 4 is 27.5 Å². The highest BCUT2D eigenvalue weighted by atomic mass is 32.2. The van der Waals surface area contributed by atoms with E-state index in [1.54, 1.807) is 25.3 Å². The van der Waals surface area contributed by atoms with Crippen LogP contribution < -0.4 is 4.90 Å². The van der Waals surface area contributed by atoms with E-state index in [2.05, 4.69) is 4.98 Å². The van der Waals surface area contributed by atoms with Crippen LogP contribution in [-0.4, -0.2) is 42.3 Å². The average Bonchev–Trinajstić information content (AvgIpc) is 2.89. The number of nitrogens with zero attached hydrogens (tertiary/aromatic N) is 3. The Labute approximate surface area is 158 Å². The van der Waals surface area contributed by atoms with Crippen molar-refractivity contribution < 1.29 is 31.2 Å². The van der Waals surface area contributed by atoms with Crippen molar-refractivity contribution in [3.05, 3.63) is 53.9 Å². The highest BCUT2D eigenvalue weighted by molar-refractivity contribution is 7.92. The number of sulfone groups is 1. The maximum absolute atomic E-state index is 12.6. The second-order valence-corrected chi connectivity index (χ2v) is 8.00. The van der Waals surface area contributed by atoms with Crippen LogP contribution in [0.15, 0.2) is 47.5 Å². The summed E-state index contributed by atoms with van der Waals surface area (Å²) in [7, 11) is -5.51. The van der Waals surface area contributed by atoms with Crippen LogP contribution in [0.4, 0.5) is 23.7 Å². The molecule has 0 saturated carbocycles. The molecule has 1 fully saturated rings.